The zero-order valence-corrected chi connectivity index (χ0v) is 15.1. The number of aliphatic carboxylic acids is 1. The van der Waals surface area contributed by atoms with E-state index in [-0.39, 0.29) is 12.3 Å². The molecule has 0 spiro atoms. The number of benzene rings is 2. The number of nitrogens with one attached hydrogen (secondary N) is 1. The summed E-state index contributed by atoms with van der Waals surface area (Å²) in [5.74, 6) is -0.858. The number of carboxylic acids is 1. The first-order valence-corrected chi connectivity index (χ1v) is 9.21. The quantitative estimate of drug-likeness (QED) is 0.648. The van der Waals surface area contributed by atoms with Gasteiger partial charge < -0.3 is 10.4 Å². The summed E-state index contributed by atoms with van der Waals surface area (Å²) in [5, 5.41) is 11.5. The molecule has 0 atom stereocenters. The van der Waals surface area contributed by atoms with E-state index in [1.54, 1.807) is 11.8 Å². The maximum absolute atomic E-state index is 12.5. The third kappa shape index (κ3) is 6.63. The number of carbonyl (C=O) groups excluding carboxylic acids is 1. The number of hydrogen-bond donors (Lipinski definition) is 2. The molecule has 1 amide bonds. The largest absolute Gasteiger partial charge is 0.481 e. The molecule has 0 bridgehead atoms. The van der Waals surface area contributed by atoms with Gasteiger partial charge in [0.25, 0.3) is 5.91 Å². The first-order chi connectivity index (χ1) is 12.1. The minimum absolute atomic E-state index is 0.0864. The lowest BCUT2D eigenvalue weighted by Gasteiger charge is -2.11. The second-order valence-electron chi connectivity index (χ2n) is 5.88. The lowest BCUT2D eigenvalue weighted by molar-refractivity contribution is -0.137. The van der Waals surface area contributed by atoms with Crippen molar-refractivity contribution in [1.82, 2.24) is 5.32 Å². The average molecular weight is 357 g/mol. The van der Waals surface area contributed by atoms with Gasteiger partial charge in [0.05, 0.1) is 5.56 Å². The van der Waals surface area contributed by atoms with Gasteiger partial charge in [0.2, 0.25) is 0 Å². The fourth-order valence-corrected chi connectivity index (χ4v) is 3.45. The zero-order chi connectivity index (χ0) is 18.1. The Balaban J connectivity index is 1.93. The Hall–Kier alpha value is -2.27. The standard InChI is InChI=1S/C20H23NO3S/c1-15-11-12-17(18(14-15)25-16-8-4-2-5-9-16)20(24)21-13-7-3-6-10-19(22)23/h2,4-5,8-9,11-12,14H,3,6-7,10,13H2,1H3,(H,21,24)(H,22,23). The highest BCUT2D eigenvalue weighted by Gasteiger charge is 2.12. The van der Waals surface area contributed by atoms with Gasteiger partial charge in [-0.2, -0.15) is 0 Å². The van der Waals surface area contributed by atoms with Crippen LogP contribution >= 0.6 is 11.8 Å². The third-order valence-corrected chi connectivity index (χ3v) is 4.77. The van der Waals surface area contributed by atoms with Crippen molar-refractivity contribution < 1.29 is 14.7 Å². The predicted octanol–water partition coefficient (Wildman–Crippen LogP) is 4.52. The van der Waals surface area contributed by atoms with Crippen molar-refractivity contribution in [1.29, 1.82) is 0 Å². The van der Waals surface area contributed by atoms with Gasteiger partial charge in [-0.25, -0.2) is 0 Å². The van der Waals surface area contributed by atoms with Crippen LogP contribution in [0.3, 0.4) is 0 Å². The summed E-state index contributed by atoms with van der Waals surface area (Å²) in [6.45, 7) is 2.57. The monoisotopic (exact) mass is 357 g/mol. The fraction of sp³-hybridized carbons (Fsp3) is 0.300. The van der Waals surface area contributed by atoms with Crippen molar-refractivity contribution in [2.24, 2.45) is 0 Å². The van der Waals surface area contributed by atoms with Crippen molar-refractivity contribution in [2.75, 3.05) is 6.54 Å². The molecule has 0 aromatic heterocycles. The molecular weight excluding hydrogens is 334 g/mol. The van der Waals surface area contributed by atoms with E-state index < -0.39 is 5.97 Å². The smallest absolute Gasteiger partial charge is 0.303 e. The van der Waals surface area contributed by atoms with Gasteiger partial charge >= 0.3 is 5.97 Å². The summed E-state index contributed by atoms with van der Waals surface area (Å²) < 4.78 is 0. The molecule has 132 valence electrons. The molecule has 0 aliphatic carbocycles. The summed E-state index contributed by atoms with van der Waals surface area (Å²) in [7, 11) is 0. The summed E-state index contributed by atoms with van der Waals surface area (Å²) in [6.07, 6.45) is 2.41. The van der Waals surface area contributed by atoms with E-state index >= 15 is 0 Å². The Morgan fingerprint density at radius 2 is 1.80 bits per heavy atom. The molecule has 0 aliphatic heterocycles. The first kappa shape index (κ1) is 19.1. The lowest BCUT2D eigenvalue weighted by Crippen LogP contribution is -2.25. The van der Waals surface area contributed by atoms with Gasteiger partial charge in [-0.15, -0.1) is 0 Å². The Morgan fingerprint density at radius 3 is 2.52 bits per heavy atom. The van der Waals surface area contributed by atoms with E-state index in [9.17, 15) is 9.59 Å². The minimum atomic E-state index is -0.772. The van der Waals surface area contributed by atoms with Crippen LogP contribution in [-0.4, -0.2) is 23.5 Å². The van der Waals surface area contributed by atoms with Crippen molar-refractivity contribution in [3.8, 4) is 0 Å². The van der Waals surface area contributed by atoms with Crippen molar-refractivity contribution in [2.45, 2.75) is 42.4 Å². The number of amides is 1. The highest BCUT2D eigenvalue weighted by Crippen LogP contribution is 2.31. The molecule has 25 heavy (non-hydrogen) atoms. The number of unbranched alkanes of at least 4 members (excludes halogenated alkanes) is 2. The SMILES string of the molecule is Cc1ccc(C(=O)NCCCCCC(=O)O)c(Sc2ccccc2)c1. The predicted molar refractivity (Wildman–Crippen MR) is 100 cm³/mol. The minimum Gasteiger partial charge on any atom is -0.481 e. The topological polar surface area (TPSA) is 66.4 Å². The van der Waals surface area contributed by atoms with Crippen LogP contribution in [0.2, 0.25) is 0 Å². The van der Waals surface area contributed by atoms with Gasteiger partial charge in [-0.3, -0.25) is 9.59 Å². The molecule has 0 fully saturated rings. The summed E-state index contributed by atoms with van der Waals surface area (Å²) in [6, 6.07) is 15.8. The molecule has 5 heteroatoms. The highest BCUT2D eigenvalue weighted by molar-refractivity contribution is 7.99. The third-order valence-electron chi connectivity index (χ3n) is 3.71. The molecule has 2 aromatic carbocycles. The number of aryl methyl sites for hydroxylation is 1. The molecule has 0 radical (unpaired) electrons. The lowest BCUT2D eigenvalue weighted by atomic mass is 10.1. The van der Waals surface area contributed by atoms with Crippen LogP contribution in [0.4, 0.5) is 0 Å². The van der Waals surface area contributed by atoms with Crippen LogP contribution in [0.5, 0.6) is 0 Å². The highest BCUT2D eigenvalue weighted by atomic mass is 32.2. The summed E-state index contributed by atoms with van der Waals surface area (Å²) >= 11 is 1.58. The molecule has 0 aliphatic rings. The maximum Gasteiger partial charge on any atom is 0.303 e. The van der Waals surface area contributed by atoms with E-state index in [0.29, 0.717) is 18.5 Å². The Labute approximate surface area is 152 Å². The Kier molecular flexibility index (Phi) is 7.54. The van der Waals surface area contributed by atoms with Gasteiger partial charge in [0.15, 0.2) is 0 Å². The van der Waals surface area contributed by atoms with Crippen molar-refractivity contribution >= 4 is 23.6 Å². The van der Waals surface area contributed by atoms with Crippen LogP contribution in [0.25, 0.3) is 0 Å². The molecular formula is C20H23NO3S. The number of carboxylic acid groups (broad SMARTS) is 1. The van der Waals surface area contributed by atoms with Gasteiger partial charge in [-0.05, 0) is 49.6 Å². The number of carbonyl (C=O) groups is 2. The van der Waals surface area contributed by atoms with E-state index in [4.69, 9.17) is 5.11 Å². The molecule has 2 N–H and O–H groups in total. The van der Waals surface area contributed by atoms with E-state index in [1.165, 1.54) is 0 Å². The number of rotatable bonds is 9. The van der Waals surface area contributed by atoms with Crippen molar-refractivity contribution in [3.05, 3.63) is 59.7 Å². The van der Waals surface area contributed by atoms with E-state index in [0.717, 1.165) is 28.2 Å². The Morgan fingerprint density at radius 1 is 1.04 bits per heavy atom. The second-order valence-corrected chi connectivity index (χ2v) is 6.99. The molecule has 2 rings (SSSR count). The average Bonchev–Trinajstić information content (AvgIpc) is 2.58. The summed E-state index contributed by atoms with van der Waals surface area (Å²) in [4.78, 5) is 25.0. The maximum atomic E-state index is 12.5. The molecule has 2 aromatic rings. The van der Waals surface area contributed by atoms with Crippen LogP contribution in [0, 0.1) is 6.92 Å². The van der Waals surface area contributed by atoms with E-state index in [1.807, 2.05) is 55.5 Å². The van der Waals surface area contributed by atoms with E-state index in [2.05, 4.69) is 5.32 Å². The van der Waals surface area contributed by atoms with Crippen LogP contribution in [-0.2, 0) is 4.79 Å². The first-order valence-electron chi connectivity index (χ1n) is 8.40. The Bertz CT molecular complexity index is 716. The van der Waals surface area contributed by atoms with Crippen LogP contribution in [0.1, 0.15) is 41.6 Å². The molecule has 0 heterocycles. The van der Waals surface area contributed by atoms with Crippen LogP contribution in [0.15, 0.2) is 58.3 Å². The second kappa shape index (κ2) is 9.89. The van der Waals surface area contributed by atoms with Gasteiger partial charge in [0, 0.05) is 22.8 Å². The molecule has 4 nitrogen and oxygen atoms in total. The number of hydrogen-bond acceptors (Lipinski definition) is 3. The van der Waals surface area contributed by atoms with Crippen LogP contribution < -0.4 is 5.32 Å². The fourth-order valence-electron chi connectivity index (χ4n) is 2.39. The van der Waals surface area contributed by atoms with Gasteiger partial charge in [-0.1, -0.05) is 42.4 Å². The molecule has 0 saturated carbocycles. The normalized spacial score (nSPS) is 10.4. The van der Waals surface area contributed by atoms with Gasteiger partial charge in [0.1, 0.15) is 0 Å². The molecule has 0 saturated heterocycles. The zero-order valence-electron chi connectivity index (χ0n) is 14.3. The molecule has 0 unspecified atom stereocenters. The summed E-state index contributed by atoms with van der Waals surface area (Å²) in [5.41, 5.74) is 1.79. The van der Waals surface area contributed by atoms with Crippen molar-refractivity contribution in [3.63, 3.8) is 0 Å².